The molecule has 2 aromatic rings. The lowest BCUT2D eigenvalue weighted by Crippen LogP contribution is -2.48. The third-order valence-electron chi connectivity index (χ3n) is 6.49. The van der Waals surface area contributed by atoms with Crippen LogP contribution in [0.4, 0.5) is 9.18 Å². The van der Waals surface area contributed by atoms with Gasteiger partial charge in [-0.1, -0.05) is 32.4 Å². The molecule has 0 fully saturated rings. The number of ether oxygens (including phenoxy) is 1. The number of carbonyl (C=O) groups is 2. The SMILES string of the molecule is CC(C)(C)OC(=O)N1CC(CCO[Si](C)(C)C(C)(C)C)n2nc(-c3ccc(F)c(Cl)c3)cc2C1=O. The summed E-state index contributed by atoms with van der Waals surface area (Å²) in [4.78, 5) is 27.3. The molecular formula is C25H35ClFN3O4Si. The topological polar surface area (TPSA) is 73.7 Å². The van der Waals surface area contributed by atoms with E-state index in [-0.39, 0.29) is 28.3 Å². The maximum Gasteiger partial charge on any atom is 0.417 e. The molecule has 2 amide bonds. The van der Waals surface area contributed by atoms with Gasteiger partial charge in [0, 0.05) is 12.2 Å². The summed E-state index contributed by atoms with van der Waals surface area (Å²) in [6.07, 6.45) is -0.145. The van der Waals surface area contributed by atoms with Crippen molar-refractivity contribution in [3.05, 3.63) is 40.8 Å². The van der Waals surface area contributed by atoms with Crippen molar-refractivity contribution < 1.29 is 23.1 Å². The zero-order chi connectivity index (χ0) is 26.3. The molecule has 0 radical (unpaired) electrons. The standard InChI is InChI=1S/C25H35ClFN3O4Si/c1-24(2,3)34-23(32)29-15-17(11-12-33-35(7,8)25(4,5)6)30-21(22(29)31)14-20(28-30)16-9-10-19(27)18(26)13-16/h9-10,13-14,17H,11-12,15H2,1-8H3. The van der Waals surface area contributed by atoms with Gasteiger partial charge in [-0.2, -0.15) is 5.10 Å². The lowest BCUT2D eigenvalue weighted by atomic mass is 10.1. The summed E-state index contributed by atoms with van der Waals surface area (Å²) in [6, 6.07) is 5.59. The van der Waals surface area contributed by atoms with E-state index in [9.17, 15) is 14.0 Å². The first-order valence-electron chi connectivity index (χ1n) is 11.7. The highest BCUT2D eigenvalue weighted by atomic mass is 35.5. The quantitative estimate of drug-likeness (QED) is 0.408. The largest absolute Gasteiger partial charge is 0.443 e. The maximum atomic E-state index is 13.7. The number of imide groups is 1. The summed E-state index contributed by atoms with van der Waals surface area (Å²) in [5.41, 5.74) is 0.559. The monoisotopic (exact) mass is 523 g/mol. The Morgan fingerprint density at radius 3 is 2.43 bits per heavy atom. The van der Waals surface area contributed by atoms with Gasteiger partial charge in [0.2, 0.25) is 0 Å². The van der Waals surface area contributed by atoms with Crippen LogP contribution in [0, 0.1) is 5.82 Å². The predicted octanol–water partition coefficient (Wildman–Crippen LogP) is 6.69. The minimum Gasteiger partial charge on any atom is -0.443 e. The van der Waals surface area contributed by atoms with Crippen LogP contribution in [0.3, 0.4) is 0 Å². The van der Waals surface area contributed by atoms with Gasteiger partial charge in [0.15, 0.2) is 8.32 Å². The first-order valence-corrected chi connectivity index (χ1v) is 15.0. The molecule has 0 saturated heterocycles. The Kier molecular flexibility index (Phi) is 7.56. The first kappa shape index (κ1) is 27.4. The number of benzene rings is 1. The third kappa shape index (κ3) is 6.13. The molecule has 1 aliphatic heterocycles. The molecular weight excluding hydrogens is 489 g/mol. The smallest absolute Gasteiger partial charge is 0.417 e. The third-order valence-corrected chi connectivity index (χ3v) is 11.3. The molecule has 0 N–H and O–H groups in total. The summed E-state index contributed by atoms with van der Waals surface area (Å²) in [5, 5.41) is 4.67. The fourth-order valence-electron chi connectivity index (χ4n) is 3.49. The van der Waals surface area contributed by atoms with Gasteiger partial charge in [0.1, 0.15) is 17.1 Å². The van der Waals surface area contributed by atoms with Crippen molar-refractivity contribution in [1.82, 2.24) is 14.7 Å². The summed E-state index contributed by atoms with van der Waals surface area (Å²) in [6.45, 7) is 16.7. The fourth-order valence-corrected chi connectivity index (χ4v) is 4.73. The molecule has 1 aliphatic rings. The van der Waals surface area contributed by atoms with Crippen molar-refractivity contribution in [2.45, 2.75) is 77.7 Å². The predicted molar refractivity (Wildman–Crippen MR) is 137 cm³/mol. The Morgan fingerprint density at radius 2 is 1.86 bits per heavy atom. The molecule has 192 valence electrons. The van der Waals surface area contributed by atoms with Gasteiger partial charge >= 0.3 is 6.09 Å². The minimum atomic E-state index is -1.98. The molecule has 10 heteroatoms. The molecule has 1 atom stereocenters. The summed E-state index contributed by atoms with van der Waals surface area (Å²) >= 11 is 5.96. The number of carbonyl (C=O) groups excluding carboxylic acids is 2. The maximum absolute atomic E-state index is 13.7. The number of nitrogens with zero attached hydrogens (tertiary/aromatic N) is 3. The van der Waals surface area contributed by atoms with E-state index in [1.165, 1.54) is 12.1 Å². The van der Waals surface area contributed by atoms with Gasteiger partial charge in [0.25, 0.3) is 5.91 Å². The zero-order valence-electron chi connectivity index (χ0n) is 21.7. The summed E-state index contributed by atoms with van der Waals surface area (Å²) in [7, 11) is -1.98. The lowest BCUT2D eigenvalue weighted by molar-refractivity contribution is 0.0173. The number of amides is 2. The van der Waals surface area contributed by atoms with Crippen molar-refractivity contribution in [2.75, 3.05) is 13.2 Å². The number of aromatic nitrogens is 2. The van der Waals surface area contributed by atoms with E-state index >= 15 is 0 Å². The number of hydrogen-bond donors (Lipinski definition) is 0. The van der Waals surface area contributed by atoms with E-state index in [0.717, 1.165) is 4.90 Å². The van der Waals surface area contributed by atoms with Crippen LogP contribution in [0.15, 0.2) is 24.3 Å². The fraction of sp³-hybridized carbons (Fsp3) is 0.560. The summed E-state index contributed by atoms with van der Waals surface area (Å²) in [5.74, 6) is -1.03. The van der Waals surface area contributed by atoms with Crippen LogP contribution < -0.4 is 0 Å². The first-order chi connectivity index (χ1) is 16.0. The van der Waals surface area contributed by atoms with Gasteiger partial charge in [-0.25, -0.2) is 14.1 Å². The second-order valence-corrected chi connectivity index (χ2v) is 16.7. The van der Waals surface area contributed by atoms with Gasteiger partial charge in [-0.05, 0) is 69.6 Å². The number of hydrogen-bond acceptors (Lipinski definition) is 5. The van der Waals surface area contributed by atoms with Crippen molar-refractivity contribution in [3.63, 3.8) is 0 Å². The Balaban J connectivity index is 1.94. The number of halogens is 2. The van der Waals surface area contributed by atoms with Gasteiger partial charge in [-0.15, -0.1) is 0 Å². The van der Waals surface area contributed by atoms with E-state index < -0.39 is 31.7 Å². The van der Waals surface area contributed by atoms with E-state index in [0.29, 0.717) is 24.3 Å². The van der Waals surface area contributed by atoms with Crippen molar-refractivity contribution in [1.29, 1.82) is 0 Å². The molecule has 1 aromatic heterocycles. The van der Waals surface area contributed by atoms with Gasteiger partial charge < -0.3 is 9.16 Å². The lowest BCUT2D eigenvalue weighted by Gasteiger charge is -2.37. The molecule has 1 aromatic carbocycles. The van der Waals surface area contributed by atoms with Crippen LogP contribution in [-0.2, 0) is 9.16 Å². The average Bonchev–Trinajstić information content (AvgIpc) is 3.15. The van der Waals surface area contributed by atoms with Crippen molar-refractivity contribution >= 4 is 31.9 Å². The van der Waals surface area contributed by atoms with Crippen LogP contribution in [0.25, 0.3) is 11.3 Å². The molecule has 0 bridgehead atoms. The average molecular weight is 524 g/mol. The van der Waals surface area contributed by atoms with Crippen LogP contribution in [0.2, 0.25) is 23.2 Å². The van der Waals surface area contributed by atoms with Gasteiger partial charge in [0.05, 0.1) is 23.3 Å². The Bertz CT molecular complexity index is 1120. The molecule has 35 heavy (non-hydrogen) atoms. The molecule has 7 nitrogen and oxygen atoms in total. The molecule has 3 rings (SSSR count). The second kappa shape index (κ2) is 9.67. The Hall–Kier alpha value is -2.23. The van der Waals surface area contributed by atoms with Crippen LogP contribution >= 0.6 is 11.6 Å². The highest BCUT2D eigenvalue weighted by Gasteiger charge is 2.40. The number of rotatable bonds is 5. The molecule has 2 heterocycles. The highest BCUT2D eigenvalue weighted by Crippen LogP contribution is 2.37. The normalized spacial score (nSPS) is 16.9. The molecule has 0 saturated carbocycles. The van der Waals surface area contributed by atoms with E-state index in [1.54, 1.807) is 37.6 Å². The number of fused-ring (bicyclic) bond motifs is 1. The second-order valence-electron chi connectivity index (χ2n) is 11.4. The molecule has 0 spiro atoms. The van der Waals surface area contributed by atoms with Crippen LogP contribution in [-0.4, -0.2) is 53.8 Å². The van der Waals surface area contributed by atoms with Crippen LogP contribution in [0.1, 0.15) is 64.5 Å². The minimum absolute atomic E-state index is 0.0329. The van der Waals surface area contributed by atoms with E-state index in [1.807, 2.05) is 0 Å². The molecule has 1 unspecified atom stereocenters. The highest BCUT2D eigenvalue weighted by molar-refractivity contribution is 6.74. The Labute approximate surface area is 212 Å². The van der Waals surface area contributed by atoms with Crippen molar-refractivity contribution in [2.24, 2.45) is 0 Å². The summed E-state index contributed by atoms with van der Waals surface area (Å²) < 4.78 is 27.2. The Morgan fingerprint density at radius 1 is 1.20 bits per heavy atom. The van der Waals surface area contributed by atoms with Crippen LogP contribution in [0.5, 0.6) is 0 Å². The van der Waals surface area contributed by atoms with Gasteiger partial charge in [-0.3, -0.25) is 9.48 Å². The molecule has 0 aliphatic carbocycles. The zero-order valence-corrected chi connectivity index (χ0v) is 23.5. The van der Waals surface area contributed by atoms with Crippen molar-refractivity contribution in [3.8, 4) is 11.3 Å². The van der Waals surface area contributed by atoms with E-state index in [2.05, 4.69) is 39.0 Å². The van der Waals surface area contributed by atoms with E-state index in [4.69, 9.17) is 20.8 Å².